The van der Waals surface area contributed by atoms with E-state index in [2.05, 4.69) is 10.3 Å². The smallest absolute Gasteiger partial charge is 0.317 e. The molecule has 1 fully saturated rings. The number of aliphatic carboxylic acids is 1. The number of amides is 2. The Hall–Kier alpha value is -1.83. The minimum atomic E-state index is -0.850. The summed E-state index contributed by atoms with van der Waals surface area (Å²) in [5, 5.41) is 13.6. The van der Waals surface area contributed by atoms with Gasteiger partial charge in [-0.2, -0.15) is 0 Å². The Morgan fingerprint density at radius 2 is 2.35 bits per heavy atom. The molecule has 0 spiro atoms. The van der Waals surface area contributed by atoms with E-state index in [4.69, 9.17) is 0 Å². The van der Waals surface area contributed by atoms with E-state index in [1.807, 2.05) is 6.92 Å². The molecule has 1 unspecified atom stereocenters. The lowest BCUT2D eigenvalue weighted by molar-refractivity contribution is -0.148. The number of nitrogens with one attached hydrogen (secondary N) is 2. The van der Waals surface area contributed by atoms with Gasteiger partial charge in [0.25, 0.3) is 0 Å². The number of rotatable bonds is 4. The van der Waals surface area contributed by atoms with Crippen LogP contribution in [0.5, 0.6) is 0 Å². The van der Waals surface area contributed by atoms with Crippen molar-refractivity contribution in [2.75, 3.05) is 13.1 Å². The van der Waals surface area contributed by atoms with Gasteiger partial charge < -0.3 is 20.3 Å². The summed E-state index contributed by atoms with van der Waals surface area (Å²) >= 11 is 1.04. The van der Waals surface area contributed by atoms with Crippen molar-refractivity contribution in [1.82, 2.24) is 15.2 Å². The molecular formula is C12H17N3O4S. The van der Waals surface area contributed by atoms with Gasteiger partial charge in [-0.05, 0) is 12.8 Å². The minimum Gasteiger partial charge on any atom is -0.481 e. The Bertz CT molecular complexity index is 567. The maximum atomic E-state index is 12.0. The van der Waals surface area contributed by atoms with Crippen molar-refractivity contribution in [2.24, 2.45) is 5.41 Å². The summed E-state index contributed by atoms with van der Waals surface area (Å²) in [5.41, 5.74) is -0.179. The van der Waals surface area contributed by atoms with Crippen molar-refractivity contribution in [3.05, 3.63) is 20.7 Å². The van der Waals surface area contributed by atoms with Crippen LogP contribution in [0.1, 0.15) is 25.5 Å². The quantitative estimate of drug-likeness (QED) is 0.766. The highest BCUT2D eigenvalue weighted by Crippen LogP contribution is 2.34. The van der Waals surface area contributed by atoms with Gasteiger partial charge >= 0.3 is 16.9 Å². The van der Waals surface area contributed by atoms with E-state index in [1.165, 1.54) is 4.90 Å². The third-order valence-electron chi connectivity index (χ3n) is 3.77. The fourth-order valence-corrected chi connectivity index (χ4v) is 2.92. The summed E-state index contributed by atoms with van der Waals surface area (Å²) in [6.45, 7) is 2.73. The number of carbonyl (C=O) groups excluding carboxylic acids is 1. The van der Waals surface area contributed by atoms with E-state index in [0.717, 1.165) is 11.3 Å². The summed E-state index contributed by atoms with van der Waals surface area (Å²) in [6.07, 6.45) is 0.978. The maximum Gasteiger partial charge on any atom is 0.317 e. The number of carboxylic acid groups (broad SMARTS) is 1. The summed E-state index contributed by atoms with van der Waals surface area (Å²) in [5.74, 6) is -0.850. The van der Waals surface area contributed by atoms with E-state index in [0.29, 0.717) is 25.1 Å². The van der Waals surface area contributed by atoms with Crippen LogP contribution in [0, 0.1) is 5.41 Å². The number of aromatic nitrogens is 1. The number of hydrogen-bond acceptors (Lipinski definition) is 4. The SMILES string of the molecule is CCC1(C(=O)O)CCN(C(=O)NCc2csc(=O)[nH]2)C1. The topological polar surface area (TPSA) is 102 Å². The van der Waals surface area contributed by atoms with Crippen molar-refractivity contribution < 1.29 is 14.7 Å². The predicted molar refractivity (Wildman–Crippen MR) is 73.7 cm³/mol. The summed E-state index contributed by atoms with van der Waals surface area (Å²) in [4.78, 5) is 38.2. The molecule has 3 N–H and O–H groups in total. The first kappa shape index (κ1) is 14.6. The average molecular weight is 299 g/mol. The van der Waals surface area contributed by atoms with Crippen molar-refractivity contribution in [3.8, 4) is 0 Å². The summed E-state index contributed by atoms with van der Waals surface area (Å²) in [7, 11) is 0. The number of H-pyrrole nitrogens is 1. The van der Waals surface area contributed by atoms with Crippen molar-refractivity contribution in [2.45, 2.75) is 26.3 Å². The standard InChI is InChI=1S/C12H17N3O4S/c1-2-12(9(16)17)3-4-15(7-12)10(18)13-5-8-6-20-11(19)14-8/h6H,2-5,7H2,1H3,(H,13,18)(H,14,19)(H,16,17). The monoisotopic (exact) mass is 299 g/mol. The zero-order chi connectivity index (χ0) is 14.8. The molecule has 1 aromatic heterocycles. The second-order valence-corrected chi connectivity index (χ2v) is 5.78. The van der Waals surface area contributed by atoms with Gasteiger partial charge in [-0.1, -0.05) is 18.3 Å². The van der Waals surface area contributed by atoms with Gasteiger partial charge in [-0.3, -0.25) is 9.59 Å². The second kappa shape index (κ2) is 5.66. The Morgan fingerprint density at radius 1 is 1.60 bits per heavy atom. The van der Waals surface area contributed by atoms with Crippen molar-refractivity contribution in [1.29, 1.82) is 0 Å². The molecule has 0 aromatic carbocycles. The van der Waals surface area contributed by atoms with Crippen LogP contribution in [-0.2, 0) is 11.3 Å². The normalized spacial score (nSPS) is 21.9. The molecule has 2 rings (SSSR count). The number of thiazole rings is 1. The van der Waals surface area contributed by atoms with Crippen LogP contribution in [0.2, 0.25) is 0 Å². The highest BCUT2D eigenvalue weighted by atomic mass is 32.1. The molecule has 1 aliphatic rings. The largest absolute Gasteiger partial charge is 0.481 e. The molecule has 7 nitrogen and oxygen atoms in total. The van der Waals surface area contributed by atoms with Gasteiger partial charge in [-0.15, -0.1) is 0 Å². The number of urea groups is 1. The number of carboxylic acids is 1. The number of carbonyl (C=O) groups is 2. The molecule has 110 valence electrons. The Kier molecular flexibility index (Phi) is 4.12. The van der Waals surface area contributed by atoms with Crippen LogP contribution >= 0.6 is 11.3 Å². The fraction of sp³-hybridized carbons (Fsp3) is 0.583. The first-order valence-corrected chi connectivity index (χ1v) is 7.28. The van der Waals surface area contributed by atoms with Crippen LogP contribution in [0.4, 0.5) is 4.79 Å². The Morgan fingerprint density at radius 3 is 2.85 bits per heavy atom. The molecule has 0 radical (unpaired) electrons. The molecule has 1 aliphatic heterocycles. The average Bonchev–Trinajstić information content (AvgIpc) is 3.03. The lowest BCUT2D eigenvalue weighted by Crippen LogP contribution is -2.41. The predicted octanol–water partition coefficient (Wildman–Crippen LogP) is 0.833. The molecule has 0 saturated carbocycles. The van der Waals surface area contributed by atoms with Crippen LogP contribution < -0.4 is 10.2 Å². The number of likely N-dealkylation sites (tertiary alicyclic amines) is 1. The summed E-state index contributed by atoms with van der Waals surface area (Å²) in [6, 6.07) is -0.298. The molecule has 2 heterocycles. The first-order chi connectivity index (χ1) is 9.47. The third-order valence-corrected chi connectivity index (χ3v) is 4.49. The van der Waals surface area contributed by atoms with Crippen LogP contribution in [0.15, 0.2) is 10.2 Å². The zero-order valence-electron chi connectivity index (χ0n) is 11.1. The maximum absolute atomic E-state index is 12.0. The molecule has 0 bridgehead atoms. The third kappa shape index (κ3) is 2.84. The van der Waals surface area contributed by atoms with Crippen molar-refractivity contribution >= 4 is 23.3 Å². The Balaban J connectivity index is 1.91. The van der Waals surface area contributed by atoms with Gasteiger partial charge in [-0.25, -0.2) is 4.79 Å². The van der Waals surface area contributed by atoms with Crippen molar-refractivity contribution in [3.63, 3.8) is 0 Å². The van der Waals surface area contributed by atoms with Gasteiger partial charge in [0, 0.05) is 24.2 Å². The number of nitrogens with zero attached hydrogens (tertiary/aromatic N) is 1. The zero-order valence-corrected chi connectivity index (χ0v) is 12.0. The van der Waals surface area contributed by atoms with E-state index in [1.54, 1.807) is 5.38 Å². The number of aromatic amines is 1. The highest BCUT2D eigenvalue weighted by Gasteiger charge is 2.44. The van der Waals surface area contributed by atoms with Gasteiger partial charge in [0.1, 0.15) is 0 Å². The number of hydrogen-bond donors (Lipinski definition) is 3. The van der Waals surface area contributed by atoms with Crippen LogP contribution in [0.3, 0.4) is 0 Å². The molecule has 0 aliphatic carbocycles. The van der Waals surface area contributed by atoms with Crippen LogP contribution in [-0.4, -0.2) is 40.1 Å². The van der Waals surface area contributed by atoms with E-state index < -0.39 is 11.4 Å². The molecule has 1 aromatic rings. The molecule has 20 heavy (non-hydrogen) atoms. The Labute approximate surface area is 119 Å². The molecule has 2 amide bonds. The van der Waals surface area contributed by atoms with Crippen LogP contribution in [0.25, 0.3) is 0 Å². The summed E-state index contributed by atoms with van der Waals surface area (Å²) < 4.78 is 0. The fourth-order valence-electron chi connectivity index (χ4n) is 2.34. The van der Waals surface area contributed by atoms with E-state index in [-0.39, 0.29) is 24.0 Å². The first-order valence-electron chi connectivity index (χ1n) is 6.40. The molecule has 1 atom stereocenters. The van der Waals surface area contributed by atoms with E-state index in [9.17, 15) is 19.5 Å². The highest BCUT2D eigenvalue weighted by molar-refractivity contribution is 7.07. The van der Waals surface area contributed by atoms with E-state index >= 15 is 0 Å². The molecular weight excluding hydrogens is 282 g/mol. The molecule has 1 saturated heterocycles. The molecule has 8 heteroatoms. The van der Waals surface area contributed by atoms with Gasteiger partial charge in [0.2, 0.25) is 0 Å². The minimum absolute atomic E-state index is 0.161. The van der Waals surface area contributed by atoms with Gasteiger partial charge in [0.15, 0.2) is 0 Å². The lowest BCUT2D eigenvalue weighted by Gasteiger charge is -2.23. The van der Waals surface area contributed by atoms with Gasteiger partial charge in [0.05, 0.1) is 12.0 Å². The lowest BCUT2D eigenvalue weighted by atomic mass is 9.84. The second-order valence-electron chi connectivity index (χ2n) is 4.94.